The van der Waals surface area contributed by atoms with Gasteiger partial charge in [0.15, 0.2) is 0 Å². The summed E-state index contributed by atoms with van der Waals surface area (Å²) in [5.41, 5.74) is 3.79. The molecule has 168 valence electrons. The molecule has 3 aromatic rings. The molecule has 1 unspecified atom stereocenters. The predicted octanol–water partition coefficient (Wildman–Crippen LogP) is 4.50. The molecule has 4 rings (SSSR count). The van der Waals surface area contributed by atoms with Crippen LogP contribution in [0.25, 0.3) is 0 Å². The number of anilines is 1. The number of benzene rings is 2. The third-order valence-electron chi connectivity index (χ3n) is 5.52. The molecule has 2 amide bonds. The molecule has 1 aromatic heterocycles. The summed E-state index contributed by atoms with van der Waals surface area (Å²) in [6, 6.07) is 20.9. The maximum atomic E-state index is 13.1. The molecule has 7 nitrogen and oxygen atoms in total. The molecule has 1 aliphatic heterocycles. The fourth-order valence-electron chi connectivity index (χ4n) is 3.78. The minimum absolute atomic E-state index is 0.0515. The Labute approximate surface area is 193 Å². The third-order valence-corrected chi connectivity index (χ3v) is 5.52. The molecule has 0 saturated heterocycles. The summed E-state index contributed by atoms with van der Waals surface area (Å²) in [6.07, 6.45) is 2.34. The zero-order valence-electron chi connectivity index (χ0n) is 18.7. The number of rotatable bonds is 7. The Kier molecular flexibility index (Phi) is 6.78. The lowest BCUT2D eigenvalue weighted by molar-refractivity contribution is -0.134. The fourth-order valence-corrected chi connectivity index (χ4v) is 3.78. The number of hydrazone groups is 1. The topological polar surface area (TPSA) is 83.9 Å². The highest BCUT2D eigenvalue weighted by Gasteiger charge is 2.33. The number of nitrogens with zero attached hydrogens (tertiary/aromatic N) is 3. The van der Waals surface area contributed by atoms with E-state index in [1.54, 1.807) is 19.4 Å². The molecular formula is C26H26N4O3. The van der Waals surface area contributed by atoms with Gasteiger partial charge in [0.2, 0.25) is 11.8 Å². The van der Waals surface area contributed by atoms with E-state index >= 15 is 0 Å². The number of amides is 2. The van der Waals surface area contributed by atoms with Crippen molar-refractivity contribution in [2.75, 3.05) is 12.4 Å². The Morgan fingerprint density at radius 3 is 2.52 bits per heavy atom. The van der Waals surface area contributed by atoms with Crippen molar-refractivity contribution in [3.05, 3.63) is 89.6 Å². The van der Waals surface area contributed by atoms with Crippen LogP contribution in [0.4, 0.5) is 5.82 Å². The smallest absolute Gasteiger partial charge is 0.243 e. The summed E-state index contributed by atoms with van der Waals surface area (Å²) in [6.45, 7) is 1.93. The highest BCUT2D eigenvalue weighted by Crippen LogP contribution is 2.34. The quantitative estimate of drug-likeness (QED) is 0.584. The summed E-state index contributed by atoms with van der Waals surface area (Å²) in [5.74, 6) is 0.775. The SMILES string of the molecule is COc1ccc(C2CC(c3ccccc3)=NN2C(=O)CCC(=O)Nc2cc(C)ccn2)cc1. The van der Waals surface area contributed by atoms with Crippen LogP contribution in [0.15, 0.2) is 78.0 Å². The van der Waals surface area contributed by atoms with E-state index in [1.807, 2.05) is 67.6 Å². The first-order valence-corrected chi connectivity index (χ1v) is 10.8. The molecule has 1 N–H and O–H groups in total. The fraction of sp³-hybridized carbons (Fsp3) is 0.231. The first-order chi connectivity index (χ1) is 16.0. The van der Waals surface area contributed by atoms with Gasteiger partial charge in [0.25, 0.3) is 0 Å². The molecule has 1 aliphatic rings. The first kappa shape index (κ1) is 22.2. The van der Waals surface area contributed by atoms with Crippen molar-refractivity contribution >= 4 is 23.3 Å². The zero-order chi connectivity index (χ0) is 23.2. The summed E-state index contributed by atoms with van der Waals surface area (Å²) in [5, 5.41) is 8.92. The molecular weight excluding hydrogens is 416 g/mol. The normalized spacial score (nSPS) is 15.2. The first-order valence-electron chi connectivity index (χ1n) is 10.8. The van der Waals surface area contributed by atoms with Crippen LogP contribution in [0.5, 0.6) is 5.75 Å². The number of ether oxygens (including phenoxy) is 1. The van der Waals surface area contributed by atoms with E-state index in [0.29, 0.717) is 12.2 Å². The minimum atomic E-state index is -0.256. The van der Waals surface area contributed by atoms with Gasteiger partial charge in [-0.3, -0.25) is 9.59 Å². The molecule has 1 atom stereocenters. The van der Waals surface area contributed by atoms with Gasteiger partial charge in [-0.05, 0) is 47.9 Å². The standard InChI is InChI=1S/C26H26N4O3/c1-18-14-15-27-24(16-18)28-25(31)12-13-26(32)30-23(20-8-10-21(33-2)11-9-20)17-22(29-30)19-6-4-3-5-7-19/h3-11,14-16,23H,12-13,17H2,1-2H3,(H,27,28,31). The van der Waals surface area contributed by atoms with E-state index in [-0.39, 0.29) is 30.7 Å². The van der Waals surface area contributed by atoms with Gasteiger partial charge in [-0.25, -0.2) is 9.99 Å². The second-order valence-electron chi connectivity index (χ2n) is 7.91. The van der Waals surface area contributed by atoms with E-state index in [9.17, 15) is 9.59 Å². The van der Waals surface area contributed by atoms with Gasteiger partial charge in [-0.15, -0.1) is 0 Å². The molecule has 0 bridgehead atoms. The number of carbonyl (C=O) groups excluding carboxylic acids is 2. The molecule has 0 aliphatic carbocycles. The van der Waals surface area contributed by atoms with Crippen molar-refractivity contribution in [3.8, 4) is 5.75 Å². The van der Waals surface area contributed by atoms with E-state index in [1.165, 1.54) is 5.01 Å². The van der Waals surface area contributed by atoms with E-state index in [0.717, 1.165) is 28.2 Å². The molecule has 2 heterocycles. The highest BCUT2D eigenvalue weighted by molar-refractivity contribution is 6.03. The lowest BCUT2D eigenvalue weighted by atomic mass is 9.98. The monoisotopic (exact) mass is 442 g/mol. The molecule has 33 heavy (non-hydrogen) atoms. The van der Waals surface area contributed by atoms with E-state index in [2.05, 4.69) is 15.4 Å². The number of aromatic nitrogens is 1. The van der Waals surface area contributed by atoms with Crippen molar-refractivity contribution in [2.45, 2.75) is 32.2 Å². The molecule has 0 fully saturated rings. The van der Waals surface area contributed by atoms with Crippen molar-refractivity contribution < 1.29 is 14.3 Å². The third kappa shape index (κ3) is 5.44. The van der Waals surface area contributed by atoms with Gasteiger partial charge in [-0.2, -0.15) is 5.10 Å². The van der Waals surface area contributed by atoms with E-state index in [4.69, 9.17) is 4.74 Å². The number of hydrogen-bond acceptors (Lipinski definition) is 5. The Hall–Kier alpha value is -4.00. The Balaban J connectivity index is 1.48. The van der Waals surface area contributed by atoms with Crippen LogP contribution in [0.3, 0.4) is 0 Å². The van der Waals surface area contributed by atoms with Gasteiger partial charge in [0, 0.05) is 25.5 Å². The number of aryl methyl sites for hydroxylation is 1. The molecule has 0 spiro atoms. The van der Waals surface area contributed by atoms with Gasteiger partial charge >= 0.3 is 0 Å². The second-order valence-corrected chi connectivity index (χ2v) is 7.91. The van der Waals surface area contributed by atoms with Crippen LogP contribution >= 0.6 is 0 Å². The van der Waals surface area contributed by atoms with Crippen LogP contribution in [-0.2, 0) is 9.59 Å². The van der Waals surface area contributed by atoms with Gasteiger partial charge in [0.1, 0.15) is 11.6 Å². The maximum Gasteiger partial charge on any atom is 0.243 e. The average Bonchev–Trinajstić information content (AvgIpc) is 3.29. The number of methoxy groups -OCH3 is 1. The zero-order valence-corrected chi connectivity index (χ0v) is 18.7. The predicted molar refractivity (Wildman–Crippen MR) is 127 cm³/mol. The molecule has 2 aromatic carbocycles. The van der Waals surface area contributed by atoms with Crippen molar-refractivity contribution in [3.63, 3.8) is 0 Å². The second kappa shape index (κ2) is 10.1. The lowest BCUT2D eigenvalue weighted by Crippen LogP contribution is -2.28. The molecule has 7 heteroatoms. The number of hydrogen-bond donors (Lipinski definition) is 1. The Bertz CT molecular complexity index is 1160. The maximum absolute atomic E-state index is 13.1. The van der Waals surface area contributed by atoms with Gasteiger partial charge in [0.05, 0.1) is 18.9 Å². The van der Waals surface area contributed by atoms with Crippen LogP contribution in [0, 0.1) is 6.92 Å². The average molecular weight is 443 g/mol. The Morgan fingerprint density at radius 1 is 1.06 bits per heavy atom. The number of nitrogens with one attached hydrogen (secondary N) is 1. The number of carbonyl (C=O) groups is 2. The number of pyridine rings is 1. The van der Waals surface area contributed by atoms with Crippen molar-refractivity contribution in [2.24, 2.45) is 5.10 Å². The molecule has 0 radical (unpaired) electrons. The largest absolute Gasteiger partial charge is 0.497 e. The summed E-state index contributed by atoms with van der Waals surface area (Å²) in [7, 11) is 1.62. The summed E-state index contributed by atoms with van der Waals surface area (Å²) >= 11 is 0. The van der Waals surface area contributed by atoms with Crippen molar-refractivity contribution in [1.82, 2.24) is 9.99 Å². The van der Waals surface area contributed by atoms with Crippen molar-refractivity contribution in [1.29, 1.82) is 0 Å². The van der Waals surface area contributed by atoms with Crippen LogP contribution in [0.2, 0.25) is 0 Å². The van der Waals surface area contributed by atoms with Gasteiger partial charge < -0.3 is 10.1 Å². The minimum Gasteiger partial charge on any atom is -0.497 e. The van der Waals surface area contributed by atoms with E-state index < -0.39 is 0 Å². The molecule has 0 saturated carbocycles. The van der Waals surface area contributed by atoms with Gasteiger partial charge in [-0.1, -0.05) is 42.5 Å². The lowest BCUT2D eigenvalue weighted by Gasteiger charge is -2.22. The van der Waals surface area contributed by atoms with Crippen LogP contribution in [-0.4, -0.2) is 34.6 Å². The highest BCUT2D eigenvalue weighted by atomic mass is 16.5. The Morgan fingerprint density at radius 2 is 1.82 bits per heavy atom. The summed E-state index contributed by atoms with van der Waals surface area (Å²) < 4.78 is 5.26. The van der Waals surface area contributed by atoms with Crippen LogP contribution in [0.1, 0.15) is 42.0 Å². The van der Waals surface area contributed by atoms with Crippen LogP contribution < -0.4 is 10.1 Å². The summed E-state index contributed by atoms with van der Waals surface area (Å²) in [4.78, 5) is 29.7.